The van der Waals surface area contributed by atoms with Crippen molar-refractivity contribution in [3.8, 4) is 0 Å². The summed E-state index contributed by atoms with van der Waals surface area (Å²) in [6, 6.07) is 0. The highest BCUT2D eigenvalue weighted by molar-refractivity contribution is 9.09. The first-order chi connectivity index (χ1) is 12.3. The zero-order chi connectivity index (χ0) is 18.6. The highest BCUT2D eigenvalue weighted by Crippen LogP contribution is 2.63. The fraction of sp³-hybridized carbons (Fsp3) is 0.857. The van der Waals surface area contributed by atoms with E-state index in [0.29, 0.717) is 24.2 Å². The van der Waals surface area contributed by atoms with Crippen molar-refractivity contribution >= 4 is 21.9 Å². The predicted octanol–water partition coefficient (Wildman–Crippen LogP) is 3.59. The third-order valence-corrected chi connectivity index (χ3v) is 8.74. The van der Waals surface area contributed by atoms with Crippen molar-refractivity contribution in [3.05, 3.63) is 11.6 Å². The molecule has 0 aliphatic heterocycles. The molecular weight excluding hydrogens is 396 g/mol. The monoisotopic (exact) mass is 426 g/mol. The van der Waals surface area contributed by atoms with Crippen molar-refractivity contribution in [1.29, 1.82) is 0 Å². The number of aliphatic hydroxyl groups excluding tert-OH is 2. The molecule has 0 bridgehead atoms. The molecule has 2 N–H and O–H groups in total. The van der Waals surface area contributed by atoms with Crippen molar-refractivity contribution in [2.45, 2.75) is 81.9 Å². The van der Waals surface area contributed by atoms with Gasteiger partial charge in [0.1, 0.15) is 6.10 Å². The van der Waals surface area contributed by atoms with Crippen LogP contribution in [0.5, 0.6) is 0 Å². The fourth-order valence-corrected chi connectivity index (χ4v) is 7.76. The Hall–Kier alpha value is -0.390. The number of carbonyl (C=O) groups excluding carboxylic acids is 1. The van der Waals surface area contributed by atoms with Crippen LogP contribution in [0.3, 0.4) is 0 Å². The van der Waals surface area contributed by atoms with Gasteiger partial charge in [0.15, 0.2) is 0 Å². The Balaban J connectivity index is 1.62. The number of carbonyl (C=O) groups is 1. The lowest BCUT2D eigenvalue weighted by atomic mass is 9.52. The summed E-state index contributed by atoms with van der Waals surface area (Å²) >= 11 is 3.79. The zero-order valence-corrected chi connectivity index (χ0v) is 17.3. The van der Waals surface area contributed by atoms with Gasteiger partial charge in [-0.2, -0.15) is 0 Å². The van der Waals surface area contributed by atoms with Crippen LogP contribution in [-0.2, 0) is 9.53 Å². The van der Waals surface area contributed by atoms with Gasteiger partial charge in [0, 0.05) is 11.8 Å². The molecule has 0 aromatic carbocycles. The molecule has 3 saturated carbocycles. The lowest BCUT2D eigenvalue weighted by molar-refractivity contribution is -0.159. The van der Waals surface area contributed by atoms with Crippen molar-refractivity contribution in [1.82, 2.24) is 0 Å². The van der Waals surface area contributed by atoms with Crippen LogP contribution in [0, 0.1) is 29.1 Å². The summed E-state index contributed by atoms with van der Waals surface area (Å²) in [6.45, 7) is 4.10. The molecule has 4 nitrogen and oxygen atoms in total. The highest BCUT2D eigenvalue weighted by Gasteiger charge is 2.61. The summed E-state index contributed by atoms with van der Waals surface area (Å²) in [5.74, 6) is 1.48. The third kappa shape index (κ3) is 2.89. The molecule has 0 amide bonds. The second-order valence-corrected chi connectivity index (χ2v) is 10.4. The molecule has 26 heavy (non-hydrogen) atoms. The Morgan fingerprint density at radius 3 is 2.85 bits per heavy atom. The van der Waals surface area contributed by atoms with Crippen LogP contribution in [0.2, 0.25) is 0 Å². The standard InChI is InChI=1S/C21H31BrO4/c1-3-18(25)26-20-16(22)10-15-19-14(6-7-21(15,20)2)13-5-4-12(23)8-11(13)9-17(19)24/h9,12-17,19-20,23-24H,3-8,10H2,1-2H3/t12-,13-,14?,15?,16+,17?,19?,20-,21-/m0/s1. The number of hydrogen-bond donors (Lipinski definition) is 2. The van der Waals surface area contributed by atoms with E-state index in [0.717, 1.165) is 38.5 Å². The number of aliphatic hydroxyl groups is 2. The van der Waals surface area contributed by atoms with Crippen LogP contribution in [0.25, 0.3) is 0 Å². The van der Waals surface area contributed by atoms with Gasteiger partial charge < -0.3 is 14.9 Å². The minimum atomic E-state index is -0.443. The summed E-state index contributed by atoms with van der Waals surface area (Å²) in [5, 5.41) is 21.0. The average molecular weight is 427 g/mol. The normalized spacial score (nSPS) is 50.3. The number of hydrogen-bond acceptors (Lipinski definition) is 4. The molecule has 9 atom stereocenters. The van der Waals surface area contributed by atoms with Crippen LogP contribution in [0.1, 0.15) is 58.8 Å². The van der Waals surface area contributed by atoms with Crippen molar-refractivity contribution in [2.75, 3.05) is 0 Å². The zero-order valence-electron chi connectivity index (χ0n) is 15.7. The molecule has 5 heteroatoms. The van der Waals surface area contributed by atoms with Gasteiger partial charge in [0.2, 0.25) is 0 Å². The predicted molar refractivity (Wildman–Crippen MR) is 103 cm³/mol. The van der Waals surface area contributed by atoms with Gasteiger partial charge in [-0.05, 0) is 62.2 Å². The van der Waals surface area contributed by atoms with Gasteiger partial charge in [-0.1, -0.05) is 41.4 Å². The Morgan fingerprint density at radius 1 is 1.35 bits per heavy atom. The minimum absolute atomic E-state index is 0.0688. The number of fused-ring (bicyclic) bond motifs is 5. The van der Waals surface area contributed by atoms with E-state index in [2.05, 4.69) is 28.9 Å². The van der Waals surface area contributed by atoms with Crippen molar-refractivity contribution < 1.29 is 19.7 Å². The van der Waals surface area contributed by atoms with E-state index in [1.807, 2.05) is 6.92 Å². The SMILES string of the molecule is CCC(=O)O[C@H]1[C@H](Br)CC2C3C(O)C=C4C[C@@H](O)CC[C@@H]4C3CC[C@@]21C. The van der Waals surface area contributed by atoms with Crippen molar-refractivity contribution in [2.24, 2.45) is 29.1 Å². The molecule has 3 fully saturated rings. The molecule has 4 aliphatic carbocycles. The first-order valence-corrected chi connectivity index (χ1v) is 11.2. The summed E-state index contributed by atoms with van der Waals surface area (Å²) < 4.78 is 5.86. The van der Waals surface area contributed by atoms with E-state index < -0.39 is 6.10 Å². The lowest BCUT2D eigenvalue weighted by Crippen LogP contribution is -2.52. The molecule has 4 rings (SSSR count). The van der Waals surface area contributed by atoms with Gasteiger partial charge in [-0.15, -0.1) is 0 Å². The van der Waals surface area contributed by atoms with E-state index in [1.54, 1.807) is 0 Å². The van der Waals surface area contributed by atoms with E-state index in [-0.39, 0.29) is 34.3 Å². The van der Waals surface area contributed by atoms with Crippen LogP contribution in [-0.4, -0.2) is 39.3 Å². The van der Waals surface area contributed by atoms with Gasteiger partial charge in [-0.25, -0.2) is 0 Å². The van der Waals surface area contributed by atoms with Crippen molar-refractivity contribution in [3.63, 3.8) is 0 Å². The van der Waals surface area contributed by atoms with Crippen LogP contribution >= 0.6 is 15.9 Å². The third-order valence-electron chi connectivity index (χ3n) is 7.88. The van der Waals surface area contributed by atoms with E-state index >= 15 is 0 Å². The minimum Gasteiger partial charge on any atom is -0.461 e. The average Bonchev–Trinajstić information content (AvgIpc) is 2.85. The Labute approximate surface area is 164 Å². The molecule has 0 heterocycles. The first-order valence-electron chi connectivity index (χ1n) is 10.3. The van der Waals surface area contributed by atoms with E-state index in [4.69, 9.17) is 4.74 Å². The summed E-state index contributed by atoms with van der Waals surface area (Å²) in [6.07, 6.45) is 7.38. The Morgan fingerprint density at radius 2 is 2.12 bits per heavy atom. The second kappa shape index (κ2) is 6.89. The second-order valence-electron chi connectivity index (χ2n) is 9.18. The molecule has 4 aliphatic rings. The summed E-state index contributed by atoms with van der Waals surface area (Å²) in [5.41, 5.74) is 1.21. The van der Waals surface area contributed by atoms with Gasteiger partial charge in [0.25, 0.3) is 0 Å². The molecule has 4 unspecified atom stereocenters. The van der Waals surface area contributed by atoms with Crippen LogP contribution in [0.4, 0.5) is 0 Å². The summed E-state index contributed by atoms with van der Waals surface area (Å²) in [4.78, 5) is 12.1. The first kappa shape index (κ1) is 18.9. The lowest BCUT2D eigenvalue weighted by Gasteiger charge is -2.54. The Kier molecular flexibility index (Phi) is 5.02. The maximum atomic E-state index is 12.0. The number of rotatable bonds is 2. The molecule has 0 aromatic heterocycles. The molecule has 0 spiro atoms. The van der Waals surface area contributed by atoms with Crippen LogP contribution in [0.15, 0.2) is 11.6 Å². The van der Waals surface area contributed by atoms with Gasteiger partial charge >= 0.3 is 5.97 Å². The molecule has 146 valence electrons. The van der Waals surface area contributed by atoms with Crippen LogP contribution < -0.4 is 0 Å². The smallest absolute Gasteiger partial charge is 0.305 e. The molecule has 0 saturated heterocycles. The number of halogens is 1. The topological polar surface area (TPSA) is 66.8 Å². The number of esters is 1. The molecule has 0 aromatic rings. The molecule has 0 radical (unpaired) electrons. The van der Waals surface area contributed by atoms with Gasteiger partial charge in [-0.3, -0.25) is 4.79 Å². The highest BCUT2D eigenvalue weighted by atomic mass is 79.9. The number of ether oxygens (including phenoxy) is 1. The summed E-state index contributed by atoms with van der Waals surface area (Å²) in [7, 11) is 0. The fourth-order valence-electron chi connectivity index (χ4n) is 6.64. The maximum Gasteiger partial charge on any atom is 0.305 e. The van der Waals surface area contributed by atoms with Gasteiger partial charge in [0.05, 0.1) is 17.0 Å². The largest absolute Gasteiger partial charge is 0.461 e. The van der Waals surface area contributed by atoms with E-state index in [1.165, 1.54) is 5.57 Å². The molecular formula is C21H31BrO4. The Bertz CT molecular complexity index is 605. The maximum absolute atomic E-state index is 12.0. The van der Waals surface area contributed by atoms with E-state index in [9.17, 15) is 15.0 Å². The quantitative estimate of drug-likeness (QED) is 0.402. The number of alkyl halides is 1.